The van der Waals surface area contributed by atoms with Crippen LogP contribution in [-0.4, -0.2) is 28.3 Å². The van der Waals surface area contributed by atoms with Gasteiger partial charge in [0.05, 0.1) is 0 Å². The lowest BCUT2D eigenvalue weighted by atomic mass is 9.93. The molecule has 2 fully saturated rings. The Labute approximate surface area is 112 Å². The minimum absolute atomic E-state index is 0.0171. The molecule has 19 heavy (non-hydrogen) atoms. The molecule has 4 nitrogen and oxygen atoms in total. The molecule has 1 aliphatic carbocycles. The Kier molecular flexibility index (Phi) is 2.62. The maximum absolute atomic E-state index is 12.6. The minimum atomic E-state index is -0.801. The van der Waals surface area contributed by atoms with Crippen LogP contribution in [0, 0.1) is 0 Å². The highest BCUT2D eigenvalue weighted by molar-refractivity contribution is 6.00. The van der Waals surface area contributed by atoms with Crippen molar-refractivity contribution in [2.45, 2.75) is 44.3 Å². The van der Waals surface area contributed by atoms with Gasteiger partial charge in [-0.15, -0.1) is 0 Å². The van der Waals surface area contributed by atoms with Gasteiger partial charge in [0.25, 0.3) is 0 Å². The molecule has 1 unspecified atom stereocenters. The summed E-state index contributed by atoms with van der Waals surface area (Å²) in [6, 6.07) is 9.28. The summed E-state index contributed by atoms with van der Waals surface area (Å²) in [5, 5.41) is 2.84. The topological polar surface area (TPSA) is 49.4 Å². The second kappa shape index (κ2) is 4.08. The third-order valence-electron chi connectivity index (χ3n) is 3.79. The number of carbonyl (C=O) groups is 2. The predicted octanol–water partition coefficient (Wildman–Crippen LogP) is 1.63. The van der Waals surface area contributed by atoms with Crippen LogP contribution in [0.5, 0.6) is 0 Å². The summed E-state index contributed by atoms with van der Waals surface area (Å²) in [4.78, 5) is 26.7. The van der Waals surface area contributed by atoms with Crippen molar-refractivity contribution in [1.82, 2.24) is 10.2 Å². The average Bonchev–Trinajstić information content (AvgIpc) is 3.18. The van der Waals surface area contributed by atoms with Crippen molar-refractivity contribution in [1.29, 1.82) is 0 Å². The van der Waals surface area contributed by atoms with E-state index in [1.54, 1.807) is 18.7 Å². The first kappa shape index (κ1) is 12.2. The zero-order valence-corrected chi connectivity index (χ0v) is 11.2. The standard InChI is InChI=1S/C15H18N2O2/c1-15(2)14(19)17(11-8-9-11)12(13(18)16-15)10-6-4-3-5-7-10/h3-7,11-12H,8-9H2,1-2H3,(H,16,18). The van der Waals surface area contributed by atoms with Crippen LogP contribution in [0.25, 0.3) is 0 Å². The van der Waals surface area contributed by atoms with Crippen molar-refractivity contribution in [3.63, 3.8) is 0 Å². The van der Waals surface area contributed by atoms with E-state index >= 15 is 0 Å². The van der Waals surface area contributed by atoms with Crippen molar-refractivity contribution >= 4 is 11.8 Å². The van der Waals surface area contributed by atoms with Gasteiger partial charge in [0, 0.05) is 6.04 Å². The highest BCUT2D eigenvalue weighted by Gasteiger charge is 2.50. The summed E-state index contributed by atoms with van der Waals surface area (Å²) >= 11 is 0. The van der Waals surface area contributed by atoms with Gasteiger partial charge >= 0.3 is 0 Å². The van der Waals surface area contributed by atoms with E-state index in [1.807, 2.05) is 30.3 Å². The Morgan fingerprint density at radius 1 is 1.16 bits per heavy atom. The monoisotopic (exact) mass is 258 g/mol. The number of nitrogens with zero attached hydrogens (tertiary/aromatic N) is 1. The van der Waals surface area contributed by atoms with Gasteiger partial charge in [-0.2, -0.15) is 0 Å². The molecule has 100 valence electrons. The lowest BCUT2D eigenvalue weighted by Crippen LogP contribution is -2.65. The molecule has 2 aliphatic rings. The number of amides is 2. The first-order valence-electron chi connectivity index (χ1n) is 6.70. The zero-order chi connectivity index (χ0) is 13.6. The second-order valence-electron chi connectivity index (χ2n) is 5.87. The van der Waals surface area contributed by atoms with Gasteiger partial charge in [0.2, 0.25) is 11.8 Å². The molecule has 2 amide bonds. The van der Waals surface area contributed by atoms with Crippen LogP contribution in [0.2, 0.25) is 0 Å². The maximum Gasteiger partial charge on any atom is 0.248 e. The molecule has 1 heterocycles. The molecule has 4 heteroatoms. The van der Waals surface area contributed by atoms with Gasteiger partial charge < -0.3 is 10.2 Å². The average molecular weight is 258 g/mol. The molecular weight excluding hydrogens is 240 g/mol. The summed E-state index contributed by atoms with van der Waals surface area (Å²) in [5.41, 5.74) is 0.0843. The van der Waals surface area contributed by atoms with E-state index in [4.69, 9.17) is 0 Å². The van der Waals surface area contributed by atoms with Gasteiger partial charge in [0.15, 0.2) is 0 Å². The fourth-order valence-corrected chi connectivity index (χ4v) is 2.67. The highest BCUT2D eigenvalue weighted by atomic mass is 16.2. The van der Waals surface area contributed by atoms with E-state index < -0.39 is 11.6 Å². The molecule has 0 spiro atoms. The fourth-order valence-electron chi connectivity index (χ4n) is 2.67. The lowest BCUT2D eigenvalue weighted by Gasteiger charge is -2.43. The Morgan fingerprint density at radius 2 is 1.79 bits per heavy atom. The van der Waals surface area contributed by atoms with Gasteiger partial charge in [-0.25, -0.2) is 0 Å². The number of carbonyl (C=O) groups excluding carboxylic acids is 2. The van der Waals surface area contributed by atoms with Crippen LogP contribution in [0.1, 0.15) is 38.3 Å². The first-order valence-corrected chi connectivity index (χ1v) is 6.70. The molecule has 0 radical (unpaired) electrons. The molecule has 1 saturated carbocycles. The van der Waals surface area contributed by atoms with Crippen LogP contribution in [0.3, 0.4) is 0 Å². The molecule has 1 N–H and O–H groups in total. The van der Waals surface area contributed by atoms with E-state index in [-0.39, 0.29) is 17.9 Å². The summed E-state index contributed by atoms with van der Waals surface area (Å²) < 4.78 is 0. The first-order chi connectivity index (χ1) is 9.00. The summed E-state index contributed by atoms with van der Waals surface area (Å²) in [6.45, 7) is 3.54. The minimum Gasteiger partial charge on any atom is -0.340 e. The van der Waals surface area contributed by atoms with Crippen molar-refractivity contribution in [2.75, 3.05) is 0 Å². The molecule has 1 aromatic rings. The lowest BCUT2D eigenvalue weighted by molar-refractivity contribution is -0.154. The number of piperazine rings is 1. The largest absolute Gasteiger partial charge is 0.340 e. The Bertz CT molecular complexity index is 520. The smallest absolute Gasteiger partial charge is 0.248 e. The number of hydrogen-bond acceptors (Lipinski definition) is 2. The molecule has 1 aliphatic heterocycles. The summed E-state index contributed by atoms with van der Waals surface area (Å²) in [5.74, 6) is -0.0637. The molecule has 1 saturated heterocycles. The molecule has 0 bridgehead atoms. The summed E-state index contributed by atoms with van der Waals surface area (Å²) in [6.07, 6.45) is 2.00. The number of rotatable bonds is 2. The second-order valence-corrected chi connectivity index (χ2v) is 5.87. The van der Waals surface area contributed by atoms with Gasteiger partial charge in [0.1, 0.15) is 11.6 Å². The number of hydrogen-bond donors (Lipinski definition) is 1. The fraction of sp³-hybridized carbons (Fsp3) is 0.467. The number of nitrogens with one attached hydrogen (secondary N) is 1. The van der Waals surface area contributed by atoms with Crippen LogP contribution in [0.15, 0.2) is 30.3 Å². The molecule has 3 rings (SSSR count). The van der Waals surface area contributed by atoms with Gasteiger partial charge in [-0.05, 0) is 32.3 Å². The number of benzene rings is 1. The predicted molar refractivity (Wildman–Crippen MR) is 71.3 cm³/mol. The zero-order valence-electron chi connectivity index (χ0n) is 11.2. The Hall–Kier alpha value is -1.84. The summed E-state index contributed by atoms with van der Waals surface area (Å²) in [7, 11) is 0. The third kappa shape index (κ3) is 2.01. The van der Waals surface area contributed by atoms with Crippen molar-refractivity contribution in [2.24, 2.45) is 0 Å². The third-order valence-corrected chi connectivity index (χ3v) is 3.79. The van der Waals surface area contributed by atoms with Crippen LogP contribution >= 0.6 is 0 Å². The van der Waals surface area contributed by atoms with Crippen molar-refractivity contribution in [3.05, 3.63) is 35.9 Å². The van der Waals surface area contributed by atoms with Crippen LogP contribution in [0.4, 0.5) is 0 Å². The molecular formula is C15H18N2O2. The van der Waals surface area contributed by atoms with Crippen molar-refractivity contribution < 1.29 is 9.59 Å². The molecule has 0 aromatic heterocycles. The Balaban J connectivity index is 2.02. The quantitative estimate of drug-likeness (QED) is 0.876. The normalized spacial score (nSPS) is 26.2. The van der Waals surface area contributed by atoms with E-state index in [1.165, 1.54) is 0 Å². The maximum atomic E-state index is 12.6. The molecule has 1 aromatic carbocycles. The van der Waals surface area contributed by atoms with Crippen molar-refractivity contribution in [3.8, 4) is 0 Å². The van der Waals surface area contributed by atoms with E-state index in [2.05, 4.69) is 5.32 Å². The SMILES string of the molecule is CC1(C)NC(=O)C(c2ccccc2)N(C2CC2)C1=O. The van der Waals surface area contributed by atoms with Gasteiger partial charge in [-0.1, -0.05) is 30.3 Å². The highest BCUT2D eigenvalue weighted by Crippen LogP contribution is 2.38. The Morgan fingerprint density at radius 3 is 2.37 bits per heavy atom. The van der Waals surface area contributed by atoms with E-state index in [0.29, 0.717) is 0 Å². The van der Waals surface area contributed by atoms with Crippen LogP contribution < -0.4 is 5.32 Å². The van der Waals surface area contributed by atoms with Crippen LogP contribution in [-0.2, 0) is 9.59 Å². The molecule has 1 atom stereocenters. The van der Waals surface area contributed by atoms with Gasteiger partial charge in [-0.3, -0.25) is 9.59 Å². The van der Waals surface area contributed by atoms with E-state index in [0.717, 1.165) is 18.4 Å². The van der Waals surface area contributed by atoms with E-state index in [9.17, 15) is 9.59 Å².